The van der Waals surface area contributed by atoms with Gasteiger partial charge in [0.25, 0.3) is 0 Å². The van der Waals surface area contributed by atoms with Gasteiger partial charge >= 0.3 is 0 Å². The van der Waals surface area contributed by atoms with Crippen LogP contribution >= 0.6 is 15.9 Å². The molecule has 2 atom stereocenters. The Bertz CT molecular complexity index is 177. The molecule has 1 saturated heterocycles. The van der Waals surface area contributed by atoms with E-state index in [1.54, 1.807) is 0 Å². The molecule has 1 aliphatic carbocycles. The highest BCUT2D eigenvalue weighted by Gasteiger charge is 2.28. The maximum absolute atomic E-state index is 3.56. The van der Waals surface area contributed by atoms with E-state index in [0.29, 0.717) is 0 Å². The summed E-state index contributed by atoms with van der Waals surface area (Å²) in [6, 6.07) is 0. The SMILES string of the molecule is CC1CCCC(CN2CC(CBr)C2)C1. The second-order valence-electron chi connectivity index (χ2n) is 5.38. The van der Waals surface area contributed by atoms with Gasteiger partial charge in [-0.3, -0.25) is 0 Å². The fraction of sp³-hybridized carbons (Fsp3) is 1.00. The van der Waals surface area contributed by atoms with Gasteiger partial charge in [-0.2, -0.15) is 0 Å². The highest BCUT2D eigenvalue weighted by Crippen LogP contribution is 2.30. The molecule has 0 N–H and O–H groups in total. The fourth-order valence-corrected chi connectivity index (χ4v) is 3.42. The number of halogens is 1. The summed E-state index contributed by atoms with van der Waals surface area (Å²) in [6.45, 7) is 6.49. The summed E-state index contributed by atoms with van der Waals surface area (Å²) in [5.74, 6) is 2.94. The predicted octanol–water partition coefficient (Wildman–Crippen LogP) is 3.14. The van der Waals surface area contributed by atoms with Gasteiger partial charge in [-0.1, -0.05) is 35.7 Å². The molecule has 1 heterocycles. The van der Waals surface area contributed by atoms with Crippen molar-refractivity contribution in [2.45, 2.75) is 32.6 Å². The summed E-state index contributed by atoms with van der Waals surface area (Å²) in [6.07, 6.45) is 5.91. The number of likely N-dealkylation sites (tertiary alicyclic amines) is 1. The first-order valence-electron chi connectivity index (χ1n) is 6.06. The van der Waals surface area contributed by atoms with Crippen LogP contribution in [0.5, 0.6) is 0 Å². The topological polar surface area (TPSA) is 3.24 Å². The van der Waals surface area contributed by atoms with E-state index in [4.69, 9.17) is 0 Å². The average Bonchev–Trinajstić information content (AvgIpc) is 2.10. The van der Waals surface area contributed by atoms with Gasteiger partial charge in [0.15, 0.2) is 0 Å². The summed E-state index contributed by atoms with van der Waals surface area (Å²) in [5, 5.41) is 1.20. The van der Waals surface area contributed by atoms with Crippen LogP contribution in [0.2, 0.25) is 0 Å². The second kappa shape index (κ2) is 4.98. The largest absolute Gasteiger partial charge is 0.302 e. The van der Waals surface area contributed by atoms with E-state index in [0.717, 1.165) is 17.8 Å². The zero-order valence-electron chi connectivity index (χ0n) is 9.21. The van der Waals surface area contributed by atoms with E-state index in [2.05, 4.69) is 27.8 Å². The van der Waals surface area contributed by atoms with Crippen molar-refractivity contribution >= 4 is 15.9 Å². The molecule has 82 valence electrons. The van der Waals surface area contributed by atoms with Gasteiger partial charge < -0.3 is 4.90 Å². The molecular formula is C12H22BrN. The van der Waals surface area contributed by atoms with Crippen LogP contribution in [0, 0.1) is 17.8 Å². The van der Waals surface area contributed by atoms with Crippen LogP contribution in [-0.4, -0.2) is 29.9 Å². The standard InChI is InChI=1S/C12H22BrN/c1-10-3-2-4-11(5-10)7-14-8-12(6-13)9-14/h10-12H,2-9H2,1H3. The quantitative estimate of drug-likeness (QED) is 0.705. The maximum atomic E-state index is 3.56. The molecule has 2 fully saturated rings. The Kier molecular flexibility index (Phi) is 3.89. The predicted molar refractivity (Wildman–Crippen MR) is 64.8 cm³/mol. The minimum absolute atomic E-state index is 0.941. The summed E-state index contributed by atoms with van der Waals surface area (Å²) >= 11 is 3.56. The van der Waals surface area contributed by atoms with Crippen LogP contribution in [0.4, 0.5) is 0 Å². The summed E-state index contributed by atoms with van der Waals surface area (Å²) < 4.78 is 0. The third-order valence-electron chi connectivity index (χ3n) is 3.81. The van der Waals surface area contributed by atoms with Gasteiger partial charge in [-0.15, -0.1) is 0 Å². The number of rotatable bonds is 3. The van der Waals surface area contributed by atoms with E-state index in [-0.39, 0.29) is 0 Å². The number of hydrogen-bond donors (Lipinski definition) is 0. The molecule has 0 amide bonds. The maximum Gasteiger partial charge on any atom is 0.00841 e. The minimum atomic E-state index is 0.941. The number of nitrogens with zero attached hydrogens (tertiary/aromatic N) is 1. The first kappa shape index (κ1) is 10.9. The normalized spacial score (nSPS) is 35.6. The van der Waals surface area contributed by atoms with Gasteiger partial charge in [-0.25, -0.2) is 0 Å². The van der Waals surface area contributed by atoms with Gasteiger partial charge in [-0.05, 0) is 30.6 Å². The molecule has 2 aliphatic rings. The first-order valence-corrected chi connectivity index (χ1v) is 7.18. The van der Waals surface area contributed by atoms with Gasteiger partial charge in [0.2, 0.25) is 0 Å². The van der Waals surface area contributed by atoms with Crippen molar-refractivity contribution in [1.82, 2.24) is 4.90 Å². The lowest BCUT2D eigenvalue weighted by Gasteiger charge is -2.41. The lowest BCUT2D eigenvalue weighted by molar-refractivity contribution is 0.0800. The Balaban J connectivity index is 1.66. The number of alkyl halides is 1. The van der Waals surface area contributed by atoms with E-state index in [1.165, 1.54) is 50.6 Å². The van der Waals surface area contributed by atoms with Crippen LogP contribution in [0.1, 0.15) is 32.6 Å². The first-order chi connectivity index (χ1) is 6.78. The molecule has 0 bridgehead atoms. The van der Waals surface area contributed by atoms with Gasteiger partial charge in [0.05, 0.1) is 0 Å². The molecule has 0 aromatic rings. The van der Waals surface area contributed by atoms with E-state index >= 15 is 0 Å². The van der Waals surface area contributed by atoms with Crippen LogP contribution < -0.4 is 0 Å². The molecule has 1 aliphatic heterocycles. The average molecular weight is 260 g/mol. The van der Waals surface area contributed by atoms with E-state index in [9.17, 15) is 0 Å². The van der Waals surface area contributed by atoms with Crippen molar-refractivity contribution in [3.05, 3.63) is 0 Å². The third kappa shape index (κ3) is 2.73. The molecule has 0 spiro atoms. The molecule has 2 unspecified atom stereocenters. The molecular weight excluding hydrogens is 238 g/mol. The number of hydrogen-bond acceptors (Lipinski definition) is 1. The molecule has 2 rings (SSSR count). The molecule has 0 aromatic carbocycles. The van der Waals surface area contributed by atoms with Crippen molar-refractivity contribution in [3.8, 4) is 0 Å². The van der Waals surface area contributed by atoms with Crippen molar-refractivity contribution in [1.29, 1.82) is 0 Å². The molecule has 0 aromatic heterocycles. The Morgan fingerprint density at radius 1 is 1.21 bits per heavy atom. The Hall–Kier alpha value is 0.440. The van der Waals surface area contributed by atoms with Gasteiger partial charge in [0, 0.05) is 25.0 Å². The molecule has 14 heavy (non-hydrogen) atoms. The smallest absolute Gasteiger partial charge is 0.00841 e. The zero-order chi connectivity index (χ0) is 9.97. The lowest BCUT2D eigenvalue weighted by Crippen LogP contribution is -2.49. The summed E-state index contributed by atoms with van der Waals surface area (Å²) in [4.78, 5) is 2.65. The molecule has 2 heteroatoms. The van der Waals surface area contributed by atoms with Crippen LogP contribution in [0.15, 0.2) is 0 Å². The highest BCUT2D eigenvalue weighted by atomic mass is 79.9. The minimum Gasteiger partial charge on any atom is -0.302 e. The van der Waals surface area contributed by atoms with Crippen molar-refractivity contribution in [2.24, 2.45) is 17.8 Å². The Morgan fingerprint density at radius 3 is 2.64 bits per heavy atom. The lowest BCUT2D eigenvalue weighted by atomic mass is 9.81. The van der Waals surface area contributed by atoms with Crippen LogP contribution in [0.25, 0.3) is 0 Å². The van der Waals surface area contributed by atoms with Crippen molar-refractivity contribution < 1.29 is 0 Å². The molecule has 0 radical (unpaired) electrons. The van der Waals surface area contributed by atoms with E-state index < -0.39 is 0 Å². The Labute approximate surface area is 96.4 Å². The third-order valence-corrected chi connectivity index (χ3v) is 4.73. The van der Waals surface area contributed by atoms with Crippen molar-refractivity contribution in [3.63, 3.8) is 0 Å². The zero-order valence-corrected chi connectivity index (χ0v) is 10.8. The molecule has 1 nitrogen and oxygen atoms in total. The van der Waals surface area contributed by atoms with Crippen LogP contribution in [-0.2, 0) is 0 Å². The van der Waals surface area contributed by atoms with E-state index in [1.807, 2.05) is 0 Å². The fourth-order valence-electron chi connectivity index (χ4n) is 3.01. The Morgan fingerprint density at radius 2 is 2.00 bits per heavy atom. The summed E-state index contributed by atoms with van der Waals surface area (Å²) in [7, 11) is 0. The van der Waals surface area contributed by atoms with Crippen LogP contribution in [0.3, 0.4) is 0 Å². The molecule has 1 saturated carbocycles. The summed E-state index contributed by atoms with van der Waals surface area (Å²) in [5.41, 5.74) is 0. The monoisotopic (exact) mass is 259 g/mol. The van der Waals surface area contributed by atoms with Gasteiger partial charge in [0.1, 0.15) is 0 Å². The highest BCUT2D eigenvalue weighted by molar-refractivity contribution is 9.09. The van der Waals surface area contributed by atoms with Crippen molar-refractivity contribution in [2.75, 3.05) is 25.0 Å². The second-order valence-corrected chi connectivity index (χ2v) is 6.02.